The van der Waals surface area contributed by atoms with Crippen molar-refractivity contribution in [2.45, 2.75) is 19.8 Å². The number of carbonyl (C=O) groups is 2. The highest BCUT2D eigenvalue weighted by Crippen LogP contribution is 2.15. The zero-order valence-electron chi connectivity index (χ0n) is 11.4. The van der Waals surface area contributed by atoms with E-state index in [-0.39, 0.29) is 18.9 Å². The van der Waals surface area contributed by atoms with Crippen LogP contribution in [0.2, 0.25) is 0 Å². The summed E-state index contributed by atoms with van der Waals surface area (Å²) in [6.07, 6.45) is 1.14. The van der Waals surface area contributed by atoms with Crippen molar-refractivity contribution in [3.8, 4) is 0 Å². The number of rotatable bonds is 8. The molecule has 0 radical (unpaired) electrons. The van der Waals surface area contributed by atoms with Crippen LogP contribution >= 0.6 is 15.9 Å². The second-order valence-electron chi connectivity index (χ2n) is 4.48. The minimum absolute atomic E-state index is 0.0298. The van der Waals surface area contributed by atoms with Crippen LogP contribution in [0.4, 0.5) is 5.69 Å². The predicted octanol–water partition coefficient (Wildman–Crippen LogP) is 2.57. The Morgan fingerprint density at radius 3 is 2.70 bits per heavy atom. The molecule has 110 valence electrons. The Hall–Kier alpha value is -1.40. The number of anilines is 1. The van der Waals surface area contributed by atoms with E-state index in [9.17, 15) is 9.59 Å². The highest BCUT2D eigenvalue weighted by atomic mass is 79.9. The fraction of sp³-hybridized carbons (Fsp3) is 0.429. The third-order valence-electron chi connectivity index (χ3n) is 2.66. The molecular weight excluding hydrogens is 324 g/mol. The van der Waals surface area contributed by atoms with Crippen LogP contribution in [-0.2, 0) is 9.59 Å². The van der Waals surface area contributed by atoms with Crippen LogP contribution in [0.1, 0.15) is 19.8 Å². The molecule has 0 saturated heterocycles. The summed E-state index contributed by atoms with van der Waals surface area (Å²) in [6, 6.07) is 7.35. The van der Waals surface area contributed by atoms with E-state index in [2.05, 4.69) is 21.2 Å². The van der Waals surface area contributed by atoms with Gasteiger partial charge in [-0.05, 0) is 31.2 Å². The Kier molecular flexibility index (Phi) is 7.25. The van der Waals surface area contributed by atoms with E-state index in [1.807, 2.05) is 31.2 Å². The van der Waals surface area contributed by atoms with E-state index >= 15 is 0 Å². The average molecular weight is 343 g/mol. The van der Waals surface area contributed by atoms with Crippen molar-refractivity contribution in [1.82, 2.24) is 4.90 Å². The third-order valence-corrected chi connectivity index (χ3v) is 3.16. The second kappa shape index (κ2) is 8.71. The van der Waals surface area contributed by atoms with Crippen LogP contribution < -0.4 is 5.32 Å². The predicted molar refractivity (Wildman–Crippen MR) is 81.8 cm³/mol. The molecule has 0 aliphatic heterocycles. The molecule has 0 unspecified atom stereocenters. The van der Waals surface area contributed by atoms with E-state index in [1.54, 1.807) is 4.90 Å². The Morgan fingerprint density at radius 2 is 2.10 bits per heavy atom. The smallest absolute Gasteiger partial charge is 0.317 e. The first kappa shape index (κ1) is 16.7. The van der Waals surface area contributed by atoms with Gasteiger partial charge in [-0.15, -0.1) is 0 Å². The van der Waals surface area contributed by atoms with Gasteiger partial charge in [-0.2, -0.15) is 0 Å². The maximum absolute atomic E-state index is 11.8. The van der Waals surface area contributed by atoms with Crippen molar-refractivity contribution < 1.29 is 14.7 Å². The number of carboxylic acids is 1. The lowest BCUT2D eigenvalue weighted by Gasteiger charge is -2.18. The summed E-state index contributed by atoms with van der Waals surface area (Å²) in [5.41, 5.74) is 0.727. The highest BCUT2D eigenvalue weighted by molar-refractivity contribution is 9.10. The molecule has 0 aliphatic rings. The van der Waals surface area contributed by atoms with Crippen LogP contribution in [0.25, 0.3) is 0 Å². The lowest BCUT2D eigenvalue weighted by Crippen LogP contribution is -2.33. The first-order valence-electron chi connectivity index (χ1n) is 6.51. The normalized spacial score (nSPS) is 10.6. The first-order chi connectivity index (χ1) is 9.51. The van der Waals surface area contributed by atoms with Crippen molar-refractivity contribution in [3.05, 3.63) is 28.7 Å². The molecule has 1 amide bonds. The highest BCUT2D eigenvalue weighted by Gasteiger charge is 2.11. The maximum atomic E-state index is 11.8. The van der Waals surface area contributed by atoms with Gasteiger partial charge in [-0.3, -0.25) is 14.5 Å². The summed E-state index contributed by atoms with van der Waals surface area (Å²) in [5, 5.41) is 11.6. The molecule has 0 saturated carbocycles. The van der Waals surface area contributed by atoms with Crippen molar-refractivity contribution in [2.75, 3.05) is 25.0 Å². The molecule has 5 nitrogen and oxygen atoms in total. The molecule has 0 bridgehead atoms. The summed E-state index contributed by atoms with van der Waals surface area (Å²) >= 11 is 3.34. The zero-order chi connectivity index (χ0) is 15.0. The summed E-state index contributed by atoms with van der Waals surface area (Å²) < 4.78 is 0.897. The number of hydrogen-bond acceptors (Lipinski definition) is 3. The zero-order valence-corrected chi connectivity index (χ0v) is 13.0. The van der Waals surface area contributed by atoms with Crippen LogP contribution in [0, 0.1) is 0 Å². The Bertz CT molecular complexity index is 465. The molecule has 0 aromatic heterocycles. The van der Waals surface area contributed by atoms with Crippen LogP contribution in [0.5, 0.6) is 0 Å². The molecule has 6 heteroatoms. The molecule has 2 N–H and O–H groups in total. The number of halogens is 1. The monoisotopic (exact) mass is 342 g/mol. The number of carboxylic acid groups (broad SMARTS) is 1. The van der Waals surface area contributed by atoms with Gasteiger partial charge < -0.3 is 10.4 Å². The molecule has 0 spiro atoms. The van der Waals surface area contributed by atoms with Gasteiger partial charge in [-0.1, -0.05) is 28.9 Å². The molecule has 1 aromatic rings. The molecular formula is C14H19BrN2O3. The Labute approximate surface area is 127 Å². The van der Waals surface area contributed by atoms with Gasteiger partial charge in [0, 0.05) is 23.1 Å². The van der Waals surface area contributed by atoms with Crippen LogP contribution in [0.3, 0.4) is 0 Å². The van der Waals surface area contributed by atoms with Gasteiger partial charge in [0.1, 0.15) is 0 Å². The minimum atomic E-state index is -0.870. The van der Waals surface area contributed by atoms with Crippen molar-refractivity contribution in [1.29, 1.82) is 0 Å². The molecule has 20 heavy (non-hydrogen) atoms. The van der Waals surface area contributed by atoms with Crippen molar-refractivity contribution in [3.63, 3.8) is 0 Å². The number of amides is 1. The van der Waals surface area contributed by atoms with E-state index in [0.29, 0.717) is 13.1 Å². The van der Waals surface area contributed by atoms with Gasteiger partial charge in [0.05, 0.1) is 6.54 Å². The fourth-order valence-corrected chi connectivity index (χ4v) is 2.23. The maximum Gasteiger partial charge on any atom is 0.317 e. The molecule has 0 aliphatic carbocycles. The Morgan fingerprint density at radius 1 is 1.35 bits per heavy atom. The molecule has 1 aromatic carbocycles. The van der Waals surface area contributed by atoms with Gasteiger partial charge in [0.2, 0.25) is 5.91 Å². The van der Waals surface area contributed by atoms with E-state index in [0.717, 1.165) is 16.6 Å². The summed E-state index contributed by atoms with van der Waals surface area (Å²) in [4.78, 5) is 24.3. The molecule has 1 rings (SSSR count). The standard InChI is InChI=1S/C14H19BrN2O3/c1-2-7-17(10-14(19)20)8-6-13(18)16-12-5-3-4-11(15)9-12/h3-5,9H,2,6-8,10H2,1H3,(H,16,18)(H,19,20). The van der Waals surface area contributed by atoms with Crippen LogP contribution in [-0.4, -0.2) is 41.5 Å². The Balaban J connectivity index is 2.43. The molecule has 0 heterocycles. The summed E-state index contributed by atoms with van der Waals surface area (Å²) in [5.74, 6) is -0.986. The number of hydrogen-bond donors (Lipinski definition) is 2. The van der Waals surface area contributed by atoms with E-state index in [4.69, 9.17) is 5.11 Å². The third kappa shape index (κ3) is 6.68. The second-order valence-corrected chi connectivity index (χ2v) is 5.39. The van der Waals surface area contributed by atoms with E-state index in [1.165, 1.54) is 0 Å². The van der Waals surface area contributed by atoms with Gasteiger partial charge in [0.15, 0.2) is 0 Å². The number of benzene rings is 1. The van der Waals surface area contributed by atoms with E-state index < -0.39 is 5.97 Å². The van der Waals surface area contributed by atoms with Gasteiger partial charge >= 0.3 is 5.97 Å². The number of nitrogens with zero attached hydrogens (tertiary/aromatic N) is 1. The molecule has 0 fully saturated rings. The fourth-order valence-electron chi connectivity index (χ4n) is 1.83. The lowest BCUT2D eigenvalue weighted by atomic mass is 10.3. The summed E-state index contributed by atoms with van der Waals surface area (Å²) in [6.45, 7) is 3.07. The van der Waals surface area contributed by atoms with Crippen LogP contribution in [0.15, 0.2) is 28.7 Å². The first-order valence-corrected chi connectivity index (χ1v) is 7.30. The largest absolute Gasteiger partial charge is 0.480 e. The topological polar surface area (TPSA) is 69.6 Å². The minimum Gasteiger partial charge on any atom is -0.480 e. The lowest BCUT2D eigenvalue weighted by molar-refractivity contribution is -0.138. The van der Waals surface area contributed by atoms with Gasteiger partial charge in [-0.25, -0.2) is 0 Å². The van der Waals surface area contributed by atoms with Crippen molar-refractivity contribution >= 4 is 33.5 Å². The molecule has 0 atom stereocenters. The van der Waals surface area contributed by atoms with Gasteiger partial charge in [0.25, 0.3) is 0 Å². The number of aliphatic carboxylic acids is 1. The number of carbonyl (C=O) groups excluding carboxylic acids is 1. The van der Waals surface area contributed by atoms with Crippen molar-refractivity contribution in [2.24, 2.45) is 0 Å². The summed E-state index contributed by atoms with van der Waals surface area (Å²) in [7, 11) is 0. The quantitative estimate of drug-likeness (QED) is 0.761. The number of nitrogens with one attached hydrogen (secondary N) is 1. The average Bonchev–Trinajstić information content (AvgIpc) is 2.35. The SMILES string of the molecule is CCCN(CCC(=O)Nc1cccc(Br)c1)CC(=O)O.